The Bertz CT molecular complexity index is 792. The number of ketones is 1. The number of hydrogen-bond acceptors (Lipinski definition) is 6. The van der Waals surface area contributed by atoms with E-state index < -0.39 is 35.9 Å². The Morgan fingerprint density at radius 2 is 1.90 bits per heavy atom. The van der Waals surface area contributed by atoms with Gasteiger partial charge in [-0.15, -0.1) is 0 Å². The minimum atomic E-state index is -0.876. The lowest BCUT2D eigenvalue weighted by molar-refractivity contribution is -0.196. The van der Waals surface area contributed by atoms with E-state index in [9.17, 15) is 20.1 Å². The van der Waals surface area contributed by atoms with E-state index in [1.54, 1.807) is 6.26 Å². The monoisotopic (exact) mass is 432 g/mol. The Hall–Kier alpha value is -1.47. The number of aliphatic hydroxyl groups is 3. The van der Waals surface area contributed by atoms with Crippen LogP contribution < -0.4 is 0 Å². The number of rotatable bonds is 3. The van der Waals surface area contributed by atoms with Gasteiger partial charge in [0.25, 0.3) is 0 Å². The van der Waals surface area contributed by atoms with Gasteiger partial charge in [-0.1, -0.05) is 23.8 Å². The van der Waals surface area contributed by atoms with Crippen LogP contribution in [0.15, 0.2) is 35.6 Å². The van der Waals surface area contributed by atoms with Crippen LogP contribution in [0, 0.1) is 23.7 Å². The van der Waals surface area contributed by atoms with E-state index in [1.165, 1.54) is 0 Å². The summed E-state index contributed by atoms with van der Waals surface area (Å²) in [5, 5.41) is 31.4. The molecule has 0 saturated heterocycles. The third-order valence-electron chi connectivity index (χ3n) is 7.46. The van der Waals surface area contributed by atoms with E-state index in [-0.39, 0.29) is 29.6 Å². The van der Waals surface area contributed by atoms with Crippen molar-refractivity contribution < 1.29 is 29.6 Å². The zero-order valence-electron chi connectivity index (χ0n) is 18.9. The smallest absolute Gasteiger partial charge is 0.171 e. The van der Waals surface area contributed by atoms with E-state index in [1.807, 2.05) is 33.8 Å². The Balaban J connectivity index is 1.65. The zero-order chi connectivity index (χ0) is 22.5. The molecular weight excluding hydrogens is 396 g/mol. The summed E-state index contributed by atoms with van der Waals surface area (Å²) >= 11 is 0. The highest BCUT2D eigenvalue weighted by atomic mass is 16.5. The molecule has 6 heteroatoms. The summed E-state index contributed by atoms with van der Waals surface area (Å²) in [7, 11) is 0. The van der Waals surface area contributed by atoms with Crippen LogP contribution in [0.1, 0.15) is 53.4 Å². The predicted molar refractivity (Wildman–Crippen MR) is 116 cm³/mol. The molecule has 172 valence electrons. The van der Waals surface area contributed by atoms with Crippen molar-refractivity contribution in [1.82, 2.24) is 0 Å². The topological polar surface area (TPSA) is 96.2 Å². The summed E-state index contributed by atoms with van der Waals surface area (Å²) in [5.41, 5.74) is 1.26. The first-order valence-corrected chi connectivity index (χ1v) is 11.5. The van der Waals surface area contributed by atoms with Crippen LogP contribution in [0.5, 0.6) is 0 Å². The number of Topliss-reactive ketones (excluding diaryl/α,β-unsaturated/α-hetero) is 1. The zero-order valence-corrected chi connectivity index (χ0v) is 18.9. The molecule has 3 N–H and O–H groups in total. The van der Waals surface area contributed by atoms with Crippen LogP contribution in [0.25, 0.3) is 0 Å². The quantitative estimate of drug-likeness (QED) is 0.594. The molecule has 0 aromatic rings. The van der Waals surface area contributed by atoms with Crippen LogP contribution in [-0.4, -0.2) is 57.2 Å². The molecule has 9 atom stereocenters. The fourth-order valence-electron chi connectivity index (χ4n) is 5.72. The molecule has 0 amide bonds. The highest BCUT2D eigenvalue weighted by Gasteiger charge is 2.57. The van der Waals surface area contributed by atoms with Gasteiger partial charge in [-0.25, -0.2) is 0 Å². The van der Waals surface area contributed by atoms with Gasteiger partial charge in [0.2, 0.25) is 0 Å². The lowest BCUT2D eigenvalue weighted by Gasteiger charge is -2.52. The van der Waals surface area contributed by atoms with Gasteiger partial charge in [-0.3, -0.25) is 4.79 Å². The molecule has 2 heterocycles. The highest BCUT2D eigenvalue weighted by Crippen LogP contribution is 2.48. The SMILES string of the molecule is CC(C)=CCC1C(O)C2C(=O)C(C3CCC(O)C(O)C3)=COC2C2C=CC(C)(C)OC21. The Morgan fingerprint density at radius 1 is 1.16 bits per heavy atom. The van der Waals surface area contributed by atoms with E-state index >= 15 is 0 Å². The number of carbonyl (C=O) groups is 1. The van der Waals surface area contributed by atoms with Gasteiger partial charge >= 0.3 is 0 Å². The molecule has 9 unspecified atom stereocenters. The maximum Gasteiger partial charge on any atom is 0.171 e. The second-order valence-corrected chi connectivity index (χ2v) is 10.5. The summed E-state index contributed by atoms with van der Waals surface area (Å²) < 4.78 is 12.5. The van der Waals surface area contributed by atoms with Crippen LogP contribution in [0.2, 0.25) is 0 Å². The lowest BCUT2D eigenvalue weighted by atomic mass is 9.63. The second-order valence-electron chi connectivity index (χ2n) is 10.5. The van der Waals surface area contributed by atoms with Gasteiger partial charge in [0.15, 0.2) is 5.78 Å². The summed E-state index contributed by atoms with van der Waals surface area (Å²) in [5.74, 6) is -1.23. The molecule has 0 bridgehead atoms. The largest absolute Gasteiger partial charge is 0.496 e. The van der Waals surface area contributed by atoms with Gasteiger partial charge in [-0.2, -0.15) is 0 Å². The molecule has 2 fully saturated rings. The molecule has 0 aromatic heterocycles. The molecule has 4 rings (SSSR count). The molecule has 31 heavy (non-hydrogen) atoms. The van der Waals surface area contributed by atoms with E-state index in [2.05, 4.69) is 12.2 Å². The van der Waals surface area contributed by atoms with Crippen molar-refractivity contribution in [2.24, 2.45) is 23.7 Å². The molecule has 4 aliphatic rings. The molecule has 2 saturated carbocycles. The van der Waals surface area contributed by atoms with Gasteiger partial charge < -0.3 is 24.8 Å². The maximum atomic E-state index is 13.6. The van der Waals surface area contributed by atoms with Gasteiger partial charge in [0, 0.05) is 17.4 Å². The Kier molecular flexibility index (Phi) is 6.21. The van der Waals surface area contributed by atoms with E-state index in [0.29, 0.717) is 31.3 Å². The molecule has 0 aromatic carbocycles. The van der Waals surface area contributed by atoms with Gasteiger partial charge in [-0.05, 0) is 59.3 Å². The number of fused-ring (bicyclic) bond motifs is 3. The average molecular weight is 433 g/mol. The van der Waals surface area contributed by atoms with E-state index in [0.717, 1.165) is 5.57 Å². The van der Waals surface area contributed by atoms with Crippen molar-refractivity contribution in [2.45, 2.75) is 89.5 Å². The molecular formula is C25H36O6. The normalized spacial score (nSPS) is 43.9. The summed E-state index contributed by atoms with van der Waals surface area (Å²) in [6.45, 7) is 8.06. The molecule has 6 nitrogen and oxygen atoms in total. The first kappa shape index (κ1) is 22.7. The van der Waals surface area contributed by atoms with Crippen molar-refractivity contribution in [2.75, 3.05) is 0 Å². The van der Waals surface area contributed by atoms with Crippen molar-refractivity contribution >= 4 is 5.78 Å². The lowest BCUT2D eigenvalue weighted by Crippen LogP contribution is -2.62. The van der Waals surface area contributed by atoms with Crippen molar-refractivity contribution in [3.05, 3.63) is 35.6 Å². The summed E-state index contributed by atoms with van der Waals surface area (Å²) in [6, 6.07) is 0. The summed E-state index contributed by atoms with van der Waals surface area (Å²) in [4.78, 5) is 13.6. The summed E-state index contributed by atoms with van der Waals surface area (Å²) in [6.07, 6.45) is 6.65. The van der Waals surface area contributed by atoms with Crippen LogP contribution in [-0.2, 0) is 14.3 Å². The Morgan fingerprint density at radius 3 is 2.58 bits per heavy atom. The third-order valence-corrected chi connectivity index (χ3v) is 7.46. The maximum absolute atomic E-state index is 13.6. The molecule has 2 aliphatic carbocycles. The first-order valence-electron chi connectivity index (χ1n) is 11.5. The van der Waals surface area contributed by atoms with Crippen LogP contribution in [0.4, 0.5) is 0 Å². The van der Waals surface area contributed by atoms with Crippen molar-refractivity contribution in [3.63, 3.8) is 0 Å². The third kappa shape index (κ3) is 4.28. The fraction of sp³-hybridized carbons (Fsp3) is 0.720. The fourth-order valence-corrected chi connectivity index (χ4v) is 5.72. The van der Waals surface area contributed by atoms with Gasteiger partial charge in [0.1, 0.15) is 6.10 Å². The number of hydrogen-bond donors (Lipinski definition) is 3. The second kappa shape index (κ2) is 8.47. The number of carbonyl (C=O) groups excluding carboxylic acids is 1. The predicted octanol–water partition coefficient (Wildman–Crippen LogP) is 2.67. The molecule has 2 aliphatic heterocycles. The minimum absolute atomic E-state index is 0.0868. The number of aliphatic hydroxyl groups excluding tert-OH is 3. The minimum Gasteiger partial charge on any atom is -0.496 e. The van der Waals surface area contributed by atoms with E-state index in [4.69, 9.17) is 9.47 Å². The number of ether oxygens (including phenoxy) is 2. The van der Waals surface area contributed by atoms with Gasteiger partial charge in [0.05, 0.1) is 42.2 Å². The molecule has 0 radical (unpaired) electrons. The van der Waals surface area contributed by atoms with Crippen LogP contribution >= 0.6 is 0 Å². The number of allylic oxidation sites excluding steroid dienone is 3. The molecule has 0 spiro atoms. The van der Waals surface area contributed by atoms with Crippen molar-refractivity contribution in [3.8, 4) is 0 Å². The highest BCUT2D eigenvalue weighted by molar-refractivity contribution is 5.99. The Labute approximate surface area is 184 Å². The van der Waals surface area contributed by atoms with Crippen LogP contribution in [0.3, 0.4) is 0 Å². The standard InChI is InChI=1S/C25H36O6/c1-13(2)5-7-15-21(28)20-22(29)17(14-6-8-18(26)19(27)11-14)12-30-24(20)16-9-10-25(3,4)31-23(15)16/h5,9-10,12,14-16,18-21,23-24,26-28H,6-8,11H2,1-4H3. The van der Waals surface area contributed by atoms with Crippen molar-refractivity contribution in [1.29, 1.82) is 0 Å². The average Bonchev–Trinajstić information content (AvgIpc) is 2.69. The first-order chi connectivity index (χ1) is 14.6.